The molecule has 0 bridgehead atoms. The summed E-state index contributed by atoms with van der Waals surface area (Å²) in [6.07, 6.45) is 0. The van der Waals surface area contributed by atoms with Crippen LogP contribution in [0.1, 0.15) is 0 Å². The highest BCUT2D eigenvalue weighted by Gasteiger charge is 2.09. The molecule has 0 aliphatic heterocycles. The fourth-order valence-electron chi connectivity index (χ4n) is 2.12. The molecule has 4 heteroatoms. The van der Waals surface area contributed by atoms with E-state index < -0.39 is 11.6 Å². The highest BCUT2D eigenvalue weighted by molar-refractivity contribution is 5.90. The van der Waals surface area contributed by atoms with E-state index in [0.717, 1.165) is 28.4 Å². The van der Waals surface area contributed by atoms with Gasteiger partial charge in [-0.3, -0.25) is 0 Å². The standard InChI is InChI=1S/C15H11F2NO/c1-19-15-4-2-3-13-10(15)8-14(18-13)9-5-6-11(16)12(17)7-9/h2-8,18H,1H3. The number of hydrogen-bond acceptors (Lipinski definition) is 1. The monoisotopic (exact) mass is 259 g/mol. The molecule has 0 aliphatic rings. The van der Waals surface area contributed by atoms with Crippen molar-refractivity contribution in [2.24, 2.45) is 0 Å². The van der Waals surface area contributed by atoms with Crippen LogP contribution in [-0.4, -0.2) is 12.1 Å². The zero-order valence-electron chi connectivity index (χ0n) is 10.2. The first-order chi connectivity index (χ1) is 9.19. The summed E-state index contributed by atoms with van der Waals surface area (Å²) < 4.78 is 31.5. The molecule has 0 saturated heterocycles. The maximum Gasteiger partial charge on any atom is 0.159 e. The SMILES string of the molecule is COc1cccc2[nH]c(-c3ccc(F)c(F)c3)cc12. The van der Waals surface area contributed by atoms with E-state index in [2.05, 4.69) is 4.98 Å². The van der Waals surface area contributed by atoms with Gasteiger partial charge in [0.1, 0.15) is 5.75 Å². The maximum absolute atomic E-state index is 13.3. The molecule has 3 rings (SSSR count). The van der Waals surface area contributed by atoms with Crippen LogP contribution in [0.2, 0.25) is 0 Å². The number of H-pyrrole nitrogens is 1. The summed E-state index contributed by atoms with van der Waals surface area (Å²) >= 11 is 0. The van der Waals surface area contributed by atoms with E-state index in [1.807, 2.05) is 24.3 Å². The summed E-state index contributed by atoms with van der Waals surface area (Å²) in [7, 11) is 1.60. The normalized spacial score (nSPS) is 10.9. The van der Waals surface area contributed by atoms with Gasteiger partial charge in [0.05, 0.1) is 7.11 Å². The Morgan fingerprint density at radius 2 is 1.84 bits per heavy atom. The second kappa shape index (κ2) is 4.39. The van der Waals surface area contributed by atoms with Gasteiger partial charge in [0.25, 0.3) is 0 Å². The largest absolute Gasteiger partial charge is 0.496 e. The fraction of sp³-hybridized carbons (Fsp3) is 0.0667. The maximum atomic E-state index is 13.3. The second-order valence-electron chi connectivity index (χ2n) is 4.23. The quantitative estimate of drug-likeness (QED) is 0.735. The van der Waals surface area contributed by atoms with Gasteiger partial charge in [0.15, 0.2) is 11.6 Å². The average Bonchev–Trinajstić information content (AvgIpc) is 2.85. The molecule has 0 aliphatic carbocycles. The van der Waals surface area contributed by atoms with Crippen molar-refractivity contribution in [3.8, 4) is 17.0 Å². The minimum absolute atomic E-state index is 0.595. The molecule has 0 atom stereocenters. The lowest BCUT2D eigenvalue weighted by molar-refractivity contribution is 0.420. The van der Waals surface area contributed by atoms with Crippen molar-refractivity contribution >= 4 is 10.9 Å². The van der Waals surface area contributed by atoms with Crippen LogP contribution in [0.3, 0.4) is 0 Å². The number of nitrogens with one attached hydrogen (secondary N) is 1. The van der Waals surface area contributed by atoms with Crippen LogP contribution < -0.4 is 4.74 Å². The minimum Gasteiger partial charge on any atom is -0.496 e. The Labute approximate surface area is 108 Å². The van der Waals surface area contributed by atoms with Crippen molar-refractivity contribution in [2.75, 3.05) is 7.11 Å². The molecule has 96 valence electrons. The molecular formula is C15H11F2NO. The lowest BCUT2D eigenvalue weighted by atomic mass is 10.1. The predicted octanol–water partition coefficient (Wildman–Crippen LogP) is 4.12. The van der Waals surface area contributed by atoms with Crippen molar-refractivity contribution in [2.45, 2.75) is 0 Å². The van der Waals surface area contributed by atoms with Crippen LogP contribution >= 0.6 is 0 Å². The average molecular weight is 259 g/mol. The third-order valence-electron chi connectivity index (χ3n) is 3.07. The topological polar surface area (TPSA) is 25.0 Å². The third kappa shape index (κ3) is 1.95. The van der Waals surface area contributed by atoms with Gasteiger partial charge in [-0.1, -0.05) is 6.07 Å². The van der Waals surface area contributed by atoms with Gasteiger partial charge in [-0.2, -0.15) is 0 Å². The number of ether oxygens (including phenoxy) is 1. The molecule has 0 amide bonds. The van der Waals surface area contributed by atoms with E-state index in [4.69, 9.17) is 4.74 Å². The van der Waals surface area contributed by atoms with Gasteiger partial charge in [0, 0.05) is 22.2 Å². The predicted molar refractivity (Wildman–Crippen MR) is 70.2 cm³/mol. The van der Waals surface area contributed by atoms with Crippen LogP contribution in [0.4, 0.5) is 8.78 Å². The highest BCUT2D eigenvalue weighted by atomic mass is 19.2. The number of aromatic amines is 1. The first-order valence-electron chi connectivity index (χ1n) is 5.80. The molecule has 0 saturated carbocycles. The summed E-state index contributed by atoms with van der Waals surface area (Å²) in [5.74, 6) is -0.969. The van der Waals surface area contributed by atoms with Gasteiger partial charge in [-0.25, -0.2) is 8.78 Å². The zero-order chi connectivity index (χ0) is 13.4. The molecule has 1 aromatic heterocycles. The van der Waals surface area contributed by atoms with E-state index in [1.54, 1.807) is 7.11 Å². The van der Waals surface area contributed by atoms with E-state index >= 15 is 0 Å². The Morgan fingerprint density at radius 1 is 1.00 bits per heavy atom. The summed E-state index contributed by atoms with van der Waals surface area (Å²) in [4.78, 5) is 3.16. The van der Waals surface area contributed by atoms with Crippen molar-refractivity contribution in [3.63, 3.8) is 0 Å². The number of fused-ring (bicyclic) bond motifs is 1. The molecule has 0 spiro atoms. The molecule has 3 aromatic rings. The summed E-state index contributed by atoms with van der Waals surface area (Å²) in [5, 5.41) is 0.907. The molecule has 0 radical (unpaired) electrons. The van der Waals surface area contributed by atoms with E-state index in [0.29, 0.717) is 5.56 Å². The fourth-order valence-corrected chi connectivity index (χ4v) is 2.12. The van der Waals surface area contributed by atoms with Gasteiger partial charge < -0.3 is 9.72 Å². The lowest BCUT2D eigenvalue weighted by Gasteiger charge is -1.99. The van der Waals surface area contributed by atoms with Crippen LogP contribution in [0.25, 0.3) is 22.2 Å². The molecule has 0 unspecified atom stereocenters. The van der Waals surface area contributed by atoms with Gasteiger partial charge in [-0.15, -0.1) is 0 Å². The lowest BCUT2D eigenvalue weighted by Crippen LogP contribution is -1.85. The summed E-state index contributed by atoms with van der Waals surface area (Å²) in [5.41, 5.74) is 2.20. The van der Waals surface area contributed by atoms with Crippen LogP contribution in [-0.2, 0) is 0 Å². The second-order valence-corrected chi connectivity index (χ2v) is 4.23. The van der Waals surface area contributed by atoms with Crippen LogP contribution in [0.5, 0.6) is 5.75 Å². The zero-order valence-corrected chi connectivity index (χ0v) is 10.2. The van der Waals surface area contributed by atoms with Crippen molar-refractivity contribution in [1.82, 2.24) is 4.98 Å². The minimum atomic E-state index is -0.858. The van der Waals surface area contributed by atoms with Crippen molar-refractivity contribution in [3.05, 3.63) is 54.1 Å². The van der Waals surface area contributed by atoms with Crippen molar-refractivity contribution in [1.29, 1.82) is 0 Å². The van der Waals surface area contributed by atoms with E-state index in [9.17, 15) is 8.78 Å². The molecular weight excluding hydrogens is 248 g/mol. The Kier molecular flexibility index (Phi) is 2.71. The van der Waals surface area contributed by atoms with Crippen molar-refractivity contribution < 1.29 is 13.5 Å². The van der Waals surface area contributed by atoms with Gasteiger partial charge >= 0.3 is 0 Å². The number of rotatable bonds is 2. The number of hydrogen-bond donors (Lipinski definition) is 1. The Bertz CT molecular complexity index is 749. The first kappa shape index (κ1) is 11.7. The number of halogens is 2. The Hall–Kier alpha value is -2.36. The first-order valence-corrected chi connectivity index (χ1v) is 5.80. The molecule has 0 fully saturated rings. The number of aromatic nitrogens is 1. The summed E-state index contributed by atoms with van der Waals surface area (Å²) in [6.45, 7) is 0. The van der Waals surface area contributed by atoms with E-state index in [-0.39, 0.29) is 0 Å². The molecule has 2 nitrogen and oxygen atoms in total. The smallest absolute Gasteiger partial charge is 0.159 e. The number of benzene rings is 2. The number of methoxy groups -OCH3 is 1. The van der Waals surface area contributed by atoms with Gasteiger partial charge in [-0.05, 0) is 36.4 Å². The molecule has 1 heterocycles. The van der Waals surface area contributed by atoms with Gasteiger partial charge in [0.2, 0.25) is 0 Å². The van der Waals surface area contributed by atoms with Crippen LogP contribution in [0.15, 0.2) is 42.5 Å². The Morgan fingerprint density at radius 3 is 2.58 bits per heavy atom. The molecule has 19 heavy (non-hydrogen) atoms. The van der Waals surface area contributed by atoms with E-state index in [1.165, 1.54) is 12.1 Å². The third-order valence-corrected chi connectivity index (χ3v) is 3.07. The molecule has 1 N–H and O–H groups in total. The molecule has 2 aromatic carbocycles. The van der Waals surface area contributed by atoms with Crippen LogP contribution in [0, 0.1) is 11.6 Å². The summed E-state index contributed by atoms with van der Waals surface area (Å²) in [6, 6.07) is 11.3. The highest BCUT2D eigenvalue weighted by Crippen LogP contribution is 2.30. The Balaban J connectivity index is 2.17.